The Hall–Kier alpha value is -0.780. The number of carbonyl (C=O) groups is 2. The summed E-state index contributed by atoms with van der Waals surface area (Å²) in [6.45, 7) is 7.91. The van der Waals surface area contributed by atoms with Gasteiger partial charge in [-0.1, -0.05) is 15.9 Å². The van der Waals surface area contributed by atoms with Gasteiger partial charge in [0.25, 0.3) is 0 Å². The molecule has 0 spiro atoms. The molecule has 1 heterocycles. The Kier molecular flexibility index (Phi) is 6.79. The molecule has 1 aliphatic rings. The molecule has 1 fully saturated rings. The van der Waals surface area contributed by atoms with E-state index >= 15 is 0 Å². The summed E-state index contributed by atoms with van der Waals surface area (Å²) in [6.07, 6.45) is 2.10. The molecule has 0 aliphatic carbocycles. The average molecular weight is 349 g/mol. The first kappa shape index (κ1) is 17.3. The van der Waals surface area contributed by atoms with Gasteiger partial charge in [-0.05, 0) is 33.6 Å². The lowest BCUT2D eigenvalue weighted by molar-refractivity contribution is -0.130. The Morgan fingerprint density at radius 2 is 1.95 bits per heavy atom. The van der Waals surface area contributed by atoms with E-state index in [0.717, 1.165) is 24.7 Å². The first-order valence-corrected chi connectivity index (χ1v) is 8.27. The zero-order valence-electron chi connectivity index (χ0n) is 12.7. The second-order valence-corrected chi connectivity index (χ2v) is 6.79. The van der Waals surface area contributed by atoms with Crippen LogP contribution in [0.15, 0.2) is 0 Å². The first-order valence-electron chi connectivity index (χ1n) is 7.15. The van der Waals surface area contributed by atoms with E-state index in [9.17, 15) is 9.59 Å². The molecule has 1 rings (SSSR count). The number of ether oxygens (including phenoxy) is 1. The molecule has 0 atom stereocenters. The fourth-order valence-electron chi connectivity index (χ4n) is 2.01. The molecule has 116 valence electrons. The van der Waals surface area contributed by atoms with Crippen LogP contribution in [0.2, 0.25) is 0 Å². The summed E-state index contributed by atoms with van der Waals surface area (Å²) < 4.78 is 5.35. The zero-order chi connectivity index (χ0) is 15.2. The van der Waals surface area contributed by atoms with Gasteiger partial charge < -0.3 is 14.5 Å². The van der Waals surface area contributed by atoms with Crippen LogP contribution in [0.4, 0.5) is 4.79 Å². The van der Waals surface area contributed by atoms with Crippen LogP contribution in [-0.4, -0.2) is 58.9 Å². The molecule has 5 nitrogen and oxygen atoms in total. The van der Waals surface area contributed by atoms with Crippen LogP contribution < -0.4 is 0 Å². The number of alkyl halides is 1. The van der Waals surface area contributed by atoms with Gasteiger partial charge in [0.15, 0.2) is 0 Å². The second-order valence-electron chi connectivity index (χ2n) is 5.99. The van der Waals surface area contributed by atoms with Gasteiger partial charge in [0.2, 0.25) is 5.91 Å². The highest BCUT2D eigenvalue weighted by Gasteiger charge is 2.26. The molecule has 1 saturated heterocycles. The van der Waals surface area contributed by atoms with Crippen molar-refractivity contribution in [1.29, 1.82) is 0 Å². The van der Waals surface area contributed by atoms with E-state index in [1.807, 2.05) is 25.7 Å². The number of unbranched alkanes of at least 4 members (excludes halogenated alkanes) is 1. The molecule has 20 heavy (non-hydrogen) atoms. The molecule has 6 heteroatoms. The average Bonchev–Trinajstić information content (AvgIpc) is 2.51. The fourth-order valence-corrected chi connectivity index (χ4v) is 2.41. The summed E-state index contributed by atoms with van der Waals surface area (Å²) in [7, 11) is 0. The SMILES string of the molecule is CC(C)(C)OC(=O)N1CCC(=O)N(CCCCBr)CC1. The fraction of sp³-hybridized carbons (Fsp3) is 0.857. The van der Waals surface area contributed by atoms with E-state index in [0.29, 0.717) is 26.1 Å². The lowest BCUT2D eigenvalue weighted by Gasteiger charge is -2.26. The number of hydrogen-bond donors (Lipinski definition) is 0. The predicted molar refractivity (Wildman–Crippen MR) is 82.0 cm³/mol. The number of hydrogen-bond acceptors (Lipinski definition) is 3. The first-order chi connectivity index (χ1) is 9.33. The summed E-state index contributed by atoms with van der Waals surface area (Å²) in [6, 6.07) is 0. The highest BCUT2D eigenvalue weighted by molar-refractivity contribution is 9.09. The van der Waals surface area contributed by atoms with Crippen molar-refractivity contribution in [3.8, 4) is 0 Å². The number of halogens is 1. The summed E-state index contributed by atoms with van der Waals surface area (Å²) >= 11 is 3.39. The highest BCUT2D eigenvalue weighted by Crippen LogP contribution is 2.13. The molecule has 0 unspecified atom stereocenters. The molecule has 0 saturated carbocycles. The lowest BCUT2D eigenvalue weighted by Crippen LogP contribution is -2.39. The zero-order valence-corrected chi connectivity index (χ0v) is 14.2. The molecule has 0 radical (unpaired) electrons. The van der Waals surface area contributed by atoms with Gasteiger partial charge in [-0.3, -0.25) is 4.79 Å². The van der Waals surface area contributed by atoms with E-state index in [1.54, 1.807) is 4.90 Å². The lowest BCUT2D eigenvalue weighted by atomic mass is 10.2. The molecular weight excluding hydrogens is 324 g/mol. The van der Waals surface area contributed by atoms with Crippen molar-refractivity contribution in [1.82, 2.24) is 9.80 Å². The van der Waals surface area contributed by atoms with Gasteiger partial charge in [-0.2, -0.15) is 0 Å². The number of carbonyl (C=O) groups excluding carboxylic acids is 2. The Balaban J connectivity index is 2.48. The minimum absolute atomic E-state index is 0.130. The summed E-state index contributed by atoms with van der Waals surface area (Å²) in [5.74, 6) is 0.130. The minimum Gasteiger partial charge on any atom is -0.444 e. The normalized spacial score (nSPS) is 17.1. The van der Waals surface area contributed by atoms with Crippen molar-refractivity contribution in [3.63, 3.8) is 0 Å². The van der Waals surface area contributed by atoms with Crippen molar-refractivity contribution in [2.45, 2.75) is 45.6 Å². The van der Waals surface area contributed by atoms with Gasteiger partial charge >= 0.3 is 6.09 Å². The molecular formula is C14H25BrN2O3. The van der Waals surface area contributed by atoms with E-state index in [1.165, 1.54) is 0 Å². The summed E-state index contributed by atoms with van der Waals surface area (Å²) in [5, 5.41) is 0.957. The standard InChI is InChI=1S/C14H25BrN2O3/c1-14(2,3)20-13(19)17-9-6-12(18)16(10-11-17)8-5-4-7-15/h4-11H2,1-3H3. The van der Waals surface area contributed by atoms with E-state index in [-0.39, 0.29) is 12.0 Å². The van der Waals surface area contributed by atoms with Crippen LogP contribution in [0.25, 0.3) is 0 Å². The monoisotopic (exact) mass is 348 g/mol. The number of amides is 2. The van der Waals surface area contributed by atoms with Crippen LogP contribution in [-0.2, 0) is 9.53 Å². The third-order valence-electron chi connectivity index (χ3n) is 3.05. The van der Waals surface area contributed by atoms with Gasteiger partial charge in [0.1, 0.15) is 5.60 Å². The Morgan fingerprint density at radius 3 is 2.55 bits per heavy atom. The Labute approximate surface area is 129 Å². The van der Waals surface area contributed by atoms with Gasteiger partial charge in [-0.15, -0.1) is 0 Å². The second kappa shape index (κ2) is 7.86. The molecule has 0 aromatic carbocycles. The van der Waals surface area contributed by atoms with Crippen LogP contribution in [0.5, 0.6) is 0 Å². The van der Waals surface area contributed by atoms with Crippen molar-refractivity contribution in [2.75, 3.05) is 31.5 Å². The largest absolute Gasteiger partial charge is 0.444 e. The third kappa shape index (κ3) is 6.11. The summed E-state index contributed by atoms with van der Waals surface area (Å²) in [5.41, 5.74) is -0.497. The smallest absolute Gasteiger partial charge is 0.410 e. The molecule has 0 aromatic heterocycles. The van der Waals surface area contributed by atoms with Crippen molar-refractivity contribution < 1.29 is 14.3 Å². The van der Waals surface area contributed by atoms with Crippen molar-refractivity contribution in [3.05, 3.63) is 0 Å². The maximum Gasteiger partial charge on any atom is 0.410 e. The van der Waals surface area contributed by atoms with Crippen LogP contribution in [0, 0.1) is 0 Å². The summed E-state index contributed by atoms with van der Waals surface area (Å²) in [4.78, 5) is 27.5. The van der Waals surface area contributed by atoms with Gasteiger partial charge in [0.05, 0.1) is 0 Å². The highest BCUT2D eigenvalue weighted by atomic mass is 79.9. The Morgan fingerprint density at radius 1 is 1.25 bits per heavy atom. The minimum atomic E-state index is -0.497. The number of nitrogens with zero attached hydrogens (tertiary/aromatic N) is 2. The van der Waals surface area contributed by atoms with Crippen LogP contribution >= 0.6 is 15.9 Å². The predicted octanol–water partition coefficient (Wildman–Crippen LogP) is 2.63. The third-order valence-corrected chi connectivity index (χ3v) is 3.61. The maximum atomic E-state index is 12.0. The van der Waals surface area contributed by atoms with Crippen LogP contribution in [0.3, 0.4) is 0 Å². The Bertz CT molecular complexity index is 342. The van der Waals surface area contributed by atoms with E-state index in [4.69, 9.17) is 4.74 Å². The van der Waals surface area contributed by atoms with Crippen LogP contribution in [0.1, 0.15) is 40.0 Å². The maximum absolute atomic E-state index is 12.0. The van der Waals surface area contributed by atoms with E-state index in [2.05, 4.69) is 15.9 Å². The molecule has 0 bridgehead atoms. The van der Waals surface area contributed by atoms with Crippen molar-refractivity contribution >= 4 is 27.9 Å². The topological polar surface area (TPSA) is 49.9 Å². The molecule has 1 aliphatic heterocycles. The molecule has 2 amide bonds. The van der Waals surface area contributed by atoms with Crippen molar-refractivity contribution in [2.24, 2.45) is 0 Å². The molecule has 0 N–H and O–H groups in total. The quantitative estimate of drug-likeness (QED) is 0.579. The van der Waals surface area contributed by atoms with Gasteiger partial charge in [0, 0.05) is 37.9 Å². The van der Waals surface area contributed by atoms with Gasteiger partial charge in [-0.25, -0.2) is 4.79 Å². The molecule has 0 aromatic rings. The van der Waals surface area contributed by atoms with E-state index < -0.39 is 5.60 Å². The number of rotatable bonds is 4.